The summed E-state index contributed by atoms with van der Waals surface area (Å²) in [6.07, 6.45) is 13.9. The Labute approximate surface area is 104 Å². The monoisotopic (exact) mass is 233 g/mol. The predicted molar refractivity (Wildman–Crippen MR) is 68.8 cm³/mol. The van der Waals surface area contributed by atoms with E-state index in [-0.39, 0.29) is 0 Å². The van der Waals surface area contributed by atoms with E-state index in [1.165, 1.54) is 57.2 Å². The maximum Gasteiger partial charge on any atom is 0.0951 e. The zero-order chi connectivity index (χ0) is 11.5. The lowest BCUT2D eigenvalue weighted by molar-refractivity contribution is 0.340. The van der Waals surface area contributed by atoms with Gasteiger partial charge in [0.1, 0.15) is 0 Å². The lowest BCUT2D eigenvalue weighted by Gasteiger charge is -2.21. The number of hydrogen-bond donors (Lipinski definition) is 1. The van der Waals surface area contributed by atoms with Gasteiger partial charge in [0.05, 0.1) is 12.0 Å². The molecule has 0 saturated heterocycles. The van der Waals surface area contributed by atoms with Crippen molar-refractivity contribution in [2.24, 2.45) is 5.92 Å². The summed E-state index contributed by atoms with van der Waals surface area (Å²) in [5, 5.41) is 3.62. The fourth-order valence-corrected chi connectivity index (χ4v) is 2.95. The number of imidazole rings is 1. The molecule has 2 fully saturated rings. The molecule has 2 aliphatic carbocycles. The first-order chi connectivity index (χ1) is 8.43. The van der Waals surface area contributed by atoms with E-state index in [0.717, 1.165) is 18.5 Å². The van der Waals surface area contributed by atoms with Gasteiger partial charge in [0.15, 0.2) is 0 Å². The summed E-state index contributed by atoms with van der Waals surface area (Å²) < 4.78 is 2.36. The summed E-state index contributed by atoms with van der Waals surface area (Å²) in [5.74, 6) is 0.918. The fraction of sp³-hybridized carbons (Fsp3) is 0.786. The lowest BCUT2D eigenvalue weighted by atomic mass is 9.89. The van der Waals surface area contributed by atoms with E-state index >= 15 is 0 Å². The standard InChI is InChI=1S/C14H23N3/c1-2-4-12(5-3-1)8-15-9-14-10-16-11-17(14)13-6-7-13/h10-13,15H,1-9H2. The normalized spacial score (nSPS) is 21.9. The molecule has 0 unspecified atom stereocenters. The van der Waals surface area contributed by atoms with E-state index < -0.39 is 0 Å². The van der Waals surface area contributed by atoms with Crippen molar-refractivity contribution in [2.45, 2.75) is 57.5 Å². The maximum absolute atomic E-state index is 4.27. The van der Waals surface area contributed by atoms with Crippen LogP contribution in [0.5, 0.6) is 0 Å². The fourth-order valence-electron chi connectivity index (χ4n) is 2.95. The molecule has 1 N–H and O–H groups in total. The van der Waals surface area contributed by atoms with Crippen molar-refractivity contribution in [1.82, 2.24) is 14.9 Å². The third-order valence-electron chi connectivity index (χ3n) is 4.15. The summed E-state index contributed by atoms with van der Waals surface area (Å²) in [6, 6.07) is 0.754. The van der Waals surface area contributed by atoms with E-state index in [2.05, 4.69) is 14.9 Å². The molecule has 2 aliphatic rings. The van der Waals surface area contributed by atoms with Gasteiger partial charge in [-0.2, -0.15) is 0 Å². The molecule has 0 amide bonds. The van der Waals surface area contributed by atoms with Crippen LogP contribution in [0, 0.1) is 5.92 Å². The topological polar surface area (TPSA) is 29.9 Å². The highest BCUT2D eigenvalue weighted by molar-refractivity contribution is 5.03. The van der Waals surface area contributed by atoms with Gasteiger partial charge in [-0.25, -0.2) is 4.98 Å². The summed E-state index contributed by atoms with van der Waals surface area (Å²) in [5.41, 5.74) is 1.36. The molecule has 0 aliphatic heterocycles. The number of hydrogen-bond acceptors (Lipinski definition) is 2. The van der Waals surface area contributed by atoms with Crippen molar-refractivity contribution >= 4 is 0 Å². The van der Waals surface area contributed by atoms with Crippen LogP contribution in [0.25, 0.3) is 0 Å². The van der Waals surface area contributed by atoms with E-state index in [0.29, 0.717) is 0 Å². The van der Waals surface area contributed by atoms with Crippen LogP contribution in [-0.2, 0) is 6.54 Å². The molecule has 94 valence electrons. The van der Waals surface area contributed by atoms with Gasteiger partial charge in [0.25, 0.3) is 0 Å². The Bertz CT molecular complexity index is 348. The van der Waals surface area contributed by atoms with Crippen molar-refractivity contribution < 1.29 is 0 Å². The second-order valence-electron chi connectivity index (χ2n) is 5.66. The van der Waals surface area contributed by atoms with Crippen LogP contribution >= 0.6 is 0 Å². The molecule has 3 nitrogen and oxygen atoms in total. The molecule has 0 atom stereocenters. The SMILES string of the molecule is c1ncn(C2CC2)c1CNCC1CCCCC1. The second-order valence-corrected chi connectivity index (χ2v) is 5.66. The van der Waals surface area contributed by atoms with E-state index in [4.69, 9.17) is 0 Å². The zero-order valence-electron chi connectivity index (χ0n) is 10.6. The van der Waals surface area contributed by atoms with Gasteiger partial charge in [-0.3, -0.25) is 0 Å². The molecule has 1 heterocycles. The first kappa shape index (κ1) is 11.3. The first-order valence-corrected chi connectivity index (χ1v) is 7.15. The molecule has 1 aromatic rings. The first-order valence-electron chi connectivity index (χ1n) is 7.15. The summed E-state index contributed by atoms with van der Waals surface area (Å²) in [6.45, 7) is 2.18. The number of nitrogens with zero attached hydrogens (tertiary/aromatic N) is 2. The number of rotatable bonds is 5. The van der Waals surface area contributed by atoms with Gasteiger partial charge in [0.2, 0.25) is 0 Å². The van der Waals surface area contributed by atoms with Gasteiger partial charge in [0, 0.05) is 18.8 Å². The lowest BCUT2D eigenvalue weighted by Crippen LogP contribution is -2.25. The summed E-state index contributed by atoms with van der Waals surface area (Å²) >= 11 is 0. The minimum Gasteiger partial charge on any atom is -0.330 e. The van der Waals surface area contributed by atoms with Crippen LogP contribution in [0.4, 0.5) is 0 Å². The van der Waals surface area contributed by atoms with Crippen LogP contribution in [-0.4, -0.2) is 16.1 Å². The molecule has 2 saturated carbocycles. The van der Waals surface area contributed by atoms with Gasteiger partial charge >= 0.3 is 0 Å². The highest BCUT2D eigenvalue weighted by Gasteiger charge is 2.25. The highest BCUT2D eigenvalue weighted by atomic mass is 15.1. The van der Waals surface area contributed by atoms with Crippen LogP contribution in [0.2, 0.25) is 0 Å². The van der Waals surface area contributed by atoms with Crippen LogP contribution in [0.3, 0.4) is 0 Å². The predicted octanol–water partition coefficient (Wildman–Crippen LogP) is 2.89. The van der Waals surface area contributed by atoms with Gasteiger partial charge in [-0.05, 0) is 38.1 Å². The molecule has 0 radical (unpaired) electrons. The van der Waals surface area contributed by atoms with Crippen LogP contribution in [0.1, 0.15) is 56.7 Å². The largest absolute Gasteiger partial charge is 0.330 e. The van der Waals surface area contributed by atoms with Crippen molar-refractivity contribution in [3.63, 3.8) is 0 Å². The van der Waals surface area contributed by atoms with Crippen LogP contribution in [0.15, 0.2) is 12.5 Å². The molecule has 17 heavy (non-hydrogen) atoms. The number of nitrogens with one attached hydrogen (secondary N) is 1. The van der Waals surface area contributed by atoms with Crippen molar-refractivity contribution in [2.75, 3.05) is 6.54 Å². The second kappa shape index (κ2) is 5.21. The maximum atomic E-state index is 4.27. The molecular weight excluding hydrogens is 210 g/mol. The quantitative estimate of drug-likeness (QED) is 0.847. The Balaban J connectivity index is 1.45. The zero-order valence-corrected chi connectivity index (χ0v) is 10.6. The smallest absolute Gasteiger partial charge is 0.0951 e. The van der Waals surface area contributed by atoms with Crippen LogP contribution < -0.4 is 5.32 Å². The Morgan fingerprint density at radius 3 is 2.76 bits per heavy atom. The van der Waals surface area contributed by atoms with E-state index in [1.807, 2.05) is 12.5 Å². The van der Waals surface area contributed by atoms with Crippen molar-refractivity contribution in [1.29, 1.82) is 0 Å². The molecule has 0 spiro atoms. The van der Waals surface area contributed by atoms with Gasteiger partial charge < -0.3 is 9.88 Å². The Hall–Kier alpha value is -0.830. The van der Waals surface area contributed by atoms with Crippen molar-refractivity contribution in [3.05, 3.63) is 18.2 Å². The molecule has 0 bridgehead atoms. The number of aromatic nitrogens is 2. The Morgan fingerprint density at radius 2 is 2.00 bits per heavy atom. The third-order valence-corrected chi connectivity index (χ3v) is 4.15. The average molecular weight is 233 g/mol. The summed E-state index contributed by atoms with van der Waals surface area (Å²) in [4.78, 5) is 4.27. The third kappa shape index (κ3) is 2.89. The molecule has 3 rings (SSSR count). The molecule has 3 heteroatoms. The average Bonchev–Trinajstić information content (AvgIpc) is 3.11. The van der Waals surface area contributed by atoms with Gasteiger partial charge in [-0.15, -0.1) is 0 Å². The molecular formula is C14H23N3. The molecule has 1 aromatic heterocycles. The van der Waals surface area contributed by atoms with Crippen molar-refractivity contribution in [3.8, 4) is 0 Å². The van der Waals surface area contributed by atoms with E-state index in [1.54, 1.807) is 0 Å². The van der Waals surface area contributed by atoms with Gasteiger partial charge in [-0.1, -0.05) is 19.3 Å². The minimum atomic E-state index is 0.754. The highest BCUT2D eigenvalue weighted by Crippen LogP contribution is 2.35. The summed E-state index contributed by atoms with van der Waals surface area (Å²) in [7, 11) is 0. The van der Waals surface area contributed by atoms with E-state index in [9.17, 15) is 0 Å². The Kier molecular flexibility index (Phi) is 3.46. The molecule has 0 aromatic carbocycles. The minimum absolute atomic E-state index is 0.754. The Morgan fingerprint density at radius 1 is 1.18 bits per heavy atom.